The van der Waals surface area contributed by atoms with Crippen molar-refractivity contribution in [2.75, 3.05) is 19.5 Å². The van der Waals surface area contributed by atoms with Gasteiger partial charge in [-0.25, -0.2) is 9.18 Å². The summed E-state index contributed by atoms with van der Waals surface area (Å²) in [5, 5.41) is 11.8. The molecule has 0 spiro atoms. The van der Waals surface area contributed by atoms with E-state index in [1.54, 1.807) is 6.92 Å². The topological polar surface area (TPSA) is 126 Å². The third-order valence-corrected chi connectivity index (χ3v) is 4.93. The molecule has 0 saturated carbocycles. The number of benzene rings is 2. The maximum absolute atomic E-state index is 13.4. The zero-order valence-electron chi connectivity index (χ0n) is 17.6. The maximum Gasteiger partial charge on any atom is 0.342 e. The second-order valence-corrected chi connectivity index (χ2v) is 8.38. The van der Waals surface area contributed by atoms with E-state index in [1.807, 2.05) is 0 Å². The summed E-state index contributed by atoms with van der Waals surface area (Å²) in [6.07, 6.45) is 0.896. The Labute approximate surface area is 188 Å². The maximum atomic E-state index is 13.4. The molecular formula is C22H18FNO8S. The molecule has 0 radical (unpaired) electrons. The highest BCUT2D eigenvalue weighted by Crippen LogP contribution is 2.37. The molecule has 11 heteroatoms. The first-order valence-corrected chi connectivity index (χ1v) is 11.4. The van der Waals surface area contributed by atoms with E-state index in [2.05, 4.69) is 16.0 Å². The summed E-state index contributed by atoms with van der Waals surface area (Å²) in [4.78, 5) is 23.6. The van der Waals surface area contributed by atoms with Crippen LogP contribution in [0, 0.1) is 27.8 Å². The number of carbonyl (C=O) groups excluding carboxylic acids is 1. The van der Waals surface area contributed by atoms with Gasteiger partial charge in [-0.15, -0.1) is 0 Å². The standard InChI is InChI=1S/C22H18FNO8S/c1-3-30-22(25)20-17-12-15(6-4-5-11-31-33(2,28)29)18(24(26)27)13-19(17)32-21(20)14-7-9-16(23)10-8-14/h7-10,12-13H,3,5,11H2,1-2H3. The summed E-state index contributed by atoms with van der Waals surface area (Å²) in [6.45, 7) is 1.49. The molecule has 0 aliphatic carbocycles. The van der Waals surface area contributed by atoms with Crippen LogP contribution in [-0.4, -0.2) is 38.8 Å². The van der Waals surface area contributed by atoms with Crippen molar-refractivity contribution >= 4 is 32.7 Å². The monoisotopic (exact) mass is 475 g/mol. The summed E-state index contributed by atoms with van der Waals surface area (Å²) in [6, 6.07) is 7.67. The van der Waals surface area contributed by atoms with Crippen molar-refractivity contribution in [2.45, 2.75) is 13.3 Å². The molecule has 0 amide bonds. The van der Waals surface area contributed by atoms with Gasteiger partial charge >= 0.3 is 5.97 Å². The Bertz CT molecular complexity index is 1380. The van der Waals surface area contributed by atoms with E-state index in [1.165, 1.54) is 30.3 Å². The van der Waals surface area contributed by atoms with Gasteiger partial charge in [0, 0.05) is 17.4 Å². The Morgan fingerprint density at radius 1 is 1.24 bits per heavy atom. The van der Waals surface area contributed by atoms with Crippen molar-refractivity contribution in [1.82, 2.24) is 0 Å². The van der Waals surface area contributed by atoms with Gasteiger partial charge in [-0.1, -0.05) is 11.8 Å². The molecule has 172 valence electrons. The molecule has 3 aromatic rings. The van der Waals surface area contributed by atoms with Crippen LogP contribution in [0.15, 0.2) is 40.8 Å². The first-order valence-electron chi connectivity index (χ1n) is 9.62. The van der Waals surface area contributed by atoms with Gasteiger partial charge in [0.1, 0.15) is 28.3 Å². The number of carbonyl (C=O) groups is 1. The minimum Gasteiger partial charge on any atom is -0.462 e. The van der Waals surface area contributed by atoms with Crippen LogP contribution in [0.1, 0.15) is 29.3 Å². The van der Waals surface area contributed by atoms with Gasteiger partial charge in [0.15, 0.2) is 0 Å². The second-order valence-electron chi connectivity index (χ2n) is 6.73. The van der Waals surface area contributed by atoms with Gasteiger partial charge < -0.3 is 9.15 Å². The quantitative estimate of drug-likeness (QED) is 0.125. The van der Waals surface area contributed by atoms with Crippen LogP contribution in [0.3, 0.4) is 0 Å². The largest absolute Gasteiger partial charge is 0.462 e. The molecule has 2 aromatic carbocycles. The molecule has 0 aliphatic heterocycles. The normalized spacial score (nSPS) is 11.1. The molecular weight excluding hydrogens is 457 g/mol. The highest BCUT2D eigenvalue weighted by Gasteiger charge is 2.26. The number of hydrogen-bond acceptors (Lipinski definition) is 8. The summed E-state index contributed by atoms with van der Waals surface area (Å²) in [5.74, 6) is 4.11. The van der Waals surface area contributed by atoms with Crippen molar-refractivity contribution in [3.05, 3.63) is 63.5 Å². The molecule has 0 saturated heterocycles. The van der Waals surface area contributed by atoms with Crippen molar-refractivity contribution in [3.63, 3.8) is 0 Å². The first kappa shape index (κ1) is 23.9. The molecule has 9 nitrogen and oxygen atoms in total. The third kappa shape index (κ3) is 5.74. The minimum absolute atomic E-state index is 0.000782. The number of nitro groups is 1. The Hall–Kier alpha value is -3.75. The van der Waals surface area contributed by atoms with Gasteiger partial charge in [-0.05, 0) is 37.3 Å². The molecule has 0 unspecified atom stereocenters. The molecule has 0 fully saturated rings. The molecule has 0 atom stereocenters. The van der Waals surface area contributed by atoms with Crippen LogP contribution < -0.4 is 0 Å². The number of fused-ring (bicyclic) bond motifs is 1. The van der Waals surface area contributed by atoms with E-state index in [9.17, 15) is 27.7 Å². The van der Waals surface area contributed by atoms with Gasteiger partial charge in [-0.2, -0.15) is 8.42 Å². The van der Waals surface area contributed by atoms with Crippen LogP contribution in [0.4, 0.5) is 10.1 Å². The number of rotatable bonds is 7. The Morgan fingerprint density at radius 3 is 2.55 bits per heavy atom. The fourth-order valence-corrected chi connectivity index (χ4v) is 3.38. The van der Waals surface area contributed by atoms with Crippen molar-refractivity contribution in [3.8, 4) is 23.2 Å². The Morgan fingerprint density at radius 2 is 1.94 bits per heavy atom. The molecule has 1 aromatic heterocycles. The van der Waals surface area contributed by atoms with E-state index >= 15 is 0 Å². The highest BCUT2D eigenvalue weighted by molar-refractivity contribution is 7.85. The van der Waals surface area contributed by atoms with Crippen molar-refractivity contribution in [1.29, 1.82) is 0 Å². The lowest BCUT2D eigenvalue weighted by Gasteiger charge is -2.03. The predicted octanol–water partition coefficient (Wildman–Crippen LogP) is 4.04. The number of esters is 1. The zero-order chi connectivity index (χ0) is 24.2. The minimum atomic E-state index is -3.63. The number of nitrogens with zero attached hydrogens (tertiary/aromatic N) is 1. The second kappa shape index (κ2) is 9.81. The highest BCUT2D eigenvalue weighted by atomic mass is 32.2. The van der Waals surface area contributed by atoms with Crippen LogP contribution >= 0.6 is 0 Å². The smallest absolute Gasteiger partial charge is 0.342 e. The van der Waals surface area contributed by atoms with Crippen LogP contribution in [-0.2, 0) is 19.0 Å². The summed E-state index contributed by atoms with van der Waals surface area (Å²) < 4.78 is 50.9. The van der Waals surface area contributed by atoms with Gasteiger partial charge in [0.25, 0.3) is 15.8 Å². The molecule has 0 aliphatic rings. The predicted molar refractivity (Wildman–Crippen MR) is 117 cm³/mol. The molecule has 0 N–H and O–H groups in total. The van der Waals surface area contributed by atoms with E-state index in [0.29, 0.717) is 5.56 Å². The number of ether oxygens (including phenoxy) is 1. The number of furan rings is 1. The van der Waals surface area contributed by atoms with E-state index in [0.717, 1.165) is 12.3 Å². The molecule has 1 heterocycles. The number of hydrogen-bond donors (Lipinski definition) is 0. The molecule has 3 rings (SSSR count). The lowest BCUT2D eigenvalue weighted by Crippen LogP contribution is -2.05. The fraction of sp³-hybridized carbons (Fsp3) is 0.227. The SMILES string of the molecule is CCOC(=O)c1c(-c2ccc(F)cc2)oc2cc([N+](=O)[O-])c(C#CCCOS(C)(=O)=O)cc12. The average molecular weight is 475 g/mol. The van der Waals surface area contributed by atoms with Gasteiger partial charge in [0.05, 0.1) is 30.5 Å². The molecule has 0 bridgehead atoms. The lowest BCUT2D eigenvalue weighted by atomic mass is 10.0. The van der Waals surface area contributed by atoms with Gasteiger partial charge in [-0.3, -0.25) is 14.3 Å². The number of nitro benzene ring substituents is 1. The van der Waals surface area contributed by atoms with Crippen molar-refractivity contribution < 1.29 is 35.9 Å². The summed E-state index contributed by atoms with van der Waals surface area (Å²) >= 11 is 0. The van der Waals surface area contributed by atoms with E-state index < -0.39 is 26.8 Å². The van der Waals surface area contributed by atoms with Crippen molar-refractivity contribution in [2.24, 2.45) is 0 Å². The first-order chi connectivity index (χ1) is 15.6. The Balaban J connectivity index is 2.14. The third-order valence-electron chi connectivity index (χ3n) is 4.34. The lowest BCUT2D eigenvalue weighted by molar-refractivity contribution is -0.385. The van der Waals surface area contributed by atoms with Gasteiger partial charge in [0.2, 0.25) is 0 Å². The van der Waals surface area contributed by atoms with Crippen LogP contribution in [0.25, 0.3) is 22.3 Å². The van der Waals surface area contributed by atoms with E-state index in [4.69, 9.17) is 9.15 Å². The Kier molecular flexibility index (Phi) is 7.10. The fourth-order valence-electron chi connectivity index (χ4n) is 3.00. The van der Waals surface area contributed by atoms with Crippen LogP contribution in [0.2, 0.25) is 0 Å². The summed E-state index contributed by atoms with van der Waals surface area (Å²) in [7, 11) is -3.63. The molecule has 33 heavy (non-hydrogen) atoms. The zero-order valence-corrected chi connectivity index (χ0v) is 18.4. The number of halogens is 1. The average Bonchev–Trinajstić information content (AvgIpc) is 3.11. The van der Waals surface area contributed by atoms with Crippen LogP contribution in [0.5, 0.6) is 0 Å². The summed E-state index contributed by atoms with van der Waals surface area (Å²) in [5.41, 5.74) is 0.0772. The van der Waals surface area contributed by atoms with E-state index in [-0.39, 0.29) is 53.2 Å².